The Morgan fingerprint density at radius 1 is 1.18 bits per heavy atom. The predicted octanol–water partition coefficient (Wildman–Crippen LogP) is 1.23. The van der Waals surface area contributed by atoms with E-state index in [1.54, 1.807) is 0 Å². The average Bonchev–Trinajstić information content (AvgIpc) is 2.35. The molecule has 0 spiro atoms. The molecule has 17 heavy (non-hydrogen) atoms. The van der Waals surface area contributed by atoms with E-state index in [-0.39, 0.29) is 17.2 Å². The lowest BCUT2D eigenvalue weighted by Crippen LogP contribution is -2.33. The maximum Gasteiger partial charge on any atom is 0.328 e. The molecule has 1 aromatic heterocycles. The van der Waals surface area contributed by atoms with Gasteiger partial charge in [0.1, 0.15) is 0 Å². The minimum Gasteiger partial charge on any atom is -0.310 e. The third-order valence-electron chi connectivity index (χ3n) is 2.93. The lowest BCUT2D eigenvalue weighted by atomic mass is 9.98. The molecule has 1 unspecified atom stereocenters. The van der Waals surface area contributed by atoms with Gasteiger partial charge in [0, 0.05) is 24.7 Å². The van der Waals surface area contributed by atoms with E-state index in [4.69, 9.17) is 0 Å². The second kappa shape index (κ2) is 4.41. The maximum absolute atomic E-state index is 11.5. The van der Waals surface area contributed by atoms with Crippen molar-refractivity contribution in [3.05, 3.63) is 68.5 Å². The fourth-order valence-corrected chi connectivity index (χ4v) is 1.73. The zero-order valence-corrected chi connectivity index (χ0v) is 9.81. The van der Waals surface area contributed by atoms with Crippen LogP contribution in [0.3, 0.4) is 0 Å². The minimum absolute atomic E-state index is 0.00204. The van der Waals surface area contributed by atoms with Crippen LogP contribution in [0.5, 0.6) is 0 Å². The number of aromatic nitrogens is 2. The van der Waals surface area contributed by atoms with Gasteiger partial charge in [-0.2, -0.15) is 0 Å². The molecule has 1 N–H and O–H groups in total. The Kier molecular flexibility index (Phi) is 2.95. The largest absolute Gasteiger partial charge is 0.328 e. The molecule has 0 aliphatic carbocycles. The van der Waals surface area contributed by atoms with E-state index in [9.17, 15) is 9.59 Å². The normalized spacial score (nSPS) is 12.4. The van der Waals surface area contributed by atoms with Crippen LogP contribution in [0.2, 0.25) is 0 Å². The molecule has 88 valence electrons. The summed E-state index contributed by atoms with van der Waals surface area (Å²) in [5.41, 5.74) is 1.04. The van der Waals surface area contributed by atoms with Gasteiger partial charge < -0.3 is 4.98 Å². The van der Waals surface area contributed by atoms with E-state index in [0.29, 0.717) is 5.69 Å². The monoisotopic (exact) mass is 230 g/mol. The second-order valence-corrected chi connectivity index (χ2v) is 4.06. The van der Waals surface area contributed by atoms with Crippen LogP contribution < -0.4 is 11.2 Å². The molecule has 1 aromatic carbocycles. The Morgan fingerprint density at radius 2 is 1.82 bits per heavy atom. The first-order valence-corrected chi connectivity index (χ1v) is 5.45. The molecule has 2 aromatic rings. The van der Waals surface area contributed by atoms with Gasteiger partial charge >= 0.3 is 5.69 Å². The Bertz CT molecular complexity index is 595. The van der Waals surface area contributed by atoms with Crippen LogP contribution in [0, 0.1) is 0 Å². The molecule has 0 aliphatic rings. The summed E-state index contributed by atoms with van der Waals surface area (Å²) < 4.78 is 1.06. The molecule has 0 fully saturated rings. The van der Waals surface area contributed by atoms with Gasteiger partial charge in [-0.3, -0.25) is 9.36 Å². The molecule has 1 atom stereocenters. The van der Waals surface area contributed by atoms with E-state index in [0.717, 1.165) is 10.1 Å². The van der Waals surface area contributed by atoms with Crippen molar-refractivity contribution in [3.63, 3.8) is 0 Å². The molecule has 0 radical (unpaired) electrons. The van der Waals surface area contributed by atoms with Crippen LogP contribution in [0.15, 0.2) is 46.0 Å². The summed E-state index contributed by atoms with van der Waals surface area (Å²) in [6.07, 6.45) is 0. The van der Waals surface area contributed by atoms with Crippen LogP contribution in [-0.2, 0) is 7.05 Å². The quantitative estimate of drug-likeness (QED) is 0.843. The van der Waals surface area contributed by atoms with Gasteiger partial charge in [0.05, 0.1) is 0 Å². The van der Waals surface area contributed by atoms with E-state index in [1.165, 1.54) is 13.1 Å². The van der Waals surface area contributed by atoms with Crippen molar-refractivity contribution in [2.45, 2.75) is 12.8 Å². The van der Waals surface area contributed by atoms with Crippen LogP contribution in [0.25, 0.3) is 0 Å². The Morgan fingerprint density at radius 3 is 2.41 bits per heavy atom. The smallest absolute Gasteiger partial charge is 0.310 e. The van der Waals surface area contributed by atoms with Gasteiger partial charge in [0.2, 0.25) is 0 Å². The van der Waals surface area contributed by atoms with Crippen molar-refractivity contribution in [3.8, 4) is 0 Å². The lowest BCUT2D eigenvalue weighted by Gasteiger charge is -2.11. The zero-order chi connectivity index (χ0) is 12.4. The van der Waals surface area contributed by atoms with Crippen molar-refractivity contribution in [2.24, 2.45) is 7.05 Å². The molecule has 0 amide bonds. The number of H-pyrrole nitrogens is 1. The lowest BCUT2D eigenvalue weighted by molar-refractivity contribution is 0.735. The molecule has 0 bridgehead atoms. The van der Waals surface area contributed by atoms with E-state index in [1.807, 2.05) is 37.3 Å². The molecular weight excluding hydrogens is 216 g/mol. The predicted molar refractivity (Wildman–Crippen MR) is 66.3 cm³/mol. The van der Waals surface area contributed by atoms with Gasteiger partial charge in [0.15, 0.2) is 0 Å². The number of nitrogens with zero attached hydrogens (tertiary/aromatic N) is 1. The highest BCUT2D eigenvalue weighted by molar-refractivity contribution is 5.26. The molecule has 0 saturated carbocycles. The summed E-state index contributed by atoms with van der Waals surface area (Å²) in [5, 5.41) is 0. The number of hydrogen-bond acceptors (Lipinski definition) is 2. The van der Waals surface area contributed by atoms with Gasteiger partial charge in [-0.25, -0.2) is 4.79 Å². The average molecular weight is 230 g/mol. The molecule has 4 heteroatoms. The molecular formula is C13H14N2O2. The van der Waals surface area contributed by atoms with E-state index in [2.05, 4.69) is 4.98 Å². The molecule has 0 aliphatic heterocycles. The van der Waals surface area contributed by atoms with Crippen molar-refractivity contribution in [2.75, 3.05) is 0 Å². The third-order valence-corrected chi connectivity index (χ3v) is 2.93. The second-order valence-electron chi connectivity index (χ2n) is 4.06. The first kappa shape index (κ1) is 11.4. The fourth-order valence-electron chi connectivity index (χ4n) is 1.73. The summed E-state index contributed by atoms with van der Waals surface area (Å²) >= 11 is 0. The van der Waals surface area contributed by atoms with Gasteiger partial charge in [-0.15, -0.1) is 0 Å². The van der Waals surface area contributed by atoms with Crippen molar-refractivity contribution in [1.82, 2.24) is 9.55 Å². The Balaban J connectivity index is 2.49. The SMILES string of the molecule is CC(c1ccccc1)c1cc(=O)n(C)c(=O)[nH]1. The fraction of sp³-hybridized carbons (Fsp3) is 0.231. The highest BCUT2D eigenvalue weighted by Crippen LogP contribution is 2.19. The summed E-state index contributed by atoms with van der Waals surface area (Å²) in [6, 6.07) is 11.2. The number of hydrogen-bond donors (Lipinski definition) is 1. The first-order valence-electron chi connectivity index (χ1n) is 5.45. The highest BCUT2D eigenvalue weighted by atomic mass is 16.2. The summed E-state index contributed by atoms with van der Waals surface area (Å²) in [4.78, 5) is 25.8. The van der Waals surface area contributed by atoms with Gasteiger partial charge in [-0.1, -0.05) is 37.3 Å². The standard InChI is InChI=1S/C13H14N2O2/c1-9(10-6-4-3-5-7-10)11-8-12(16)15(2)13(17)14-11/h3-9H,1-2H3,(H,14,17). The Labute approximate surface area is 98.6 Å². The van der Waals surface area contributed by atoms with Crippen molar-refractivity contribution >= 4 is 0 Å². The number of rotatable bonds is 2. The molecule has 0 saturated heterocycles. The van der Waals surface area contributed by atoms with Crippen molar-refractivity contribution < 1.29 is 0 Å². The minimum atomic E-state index is -0.379. The molecule has 4 nitrogen and oxygen atoms in total. The first-order chi connectivity index (χ1) is 8.09. The van der Waals surface area contributed by atoms with E-state index < -0.39 is 0 Å². The van der Waals surface area contributed by atoms with Crippen LogP contribution >= 0.6 is 0 Å². The Hall–Kier alpha value is -2.10. The van der Waals surface area contributed by atoms with Gasteiger partial charge in [0.25, 0.3) is 5.56 Å². The summed E-state index contributed by atoms with van der Waals surface area (Å²) in [6.45, 7) is 1.96. The summed E-state index contributed by atoms with van der Waals surface area (Å²) in [5.74, 6) is -0.00204. The number of aromatic amines is 1. The molecule has 1 heterocycles. The maximum atomic E-state index is 11.5. The number of benzene rings is 1. The van der Waals surface area contributed by atoms with Crippen LogP contribution in [0.1, 0.15) is 24.1 Å². The third kappa shape index (κ3) is 2.20. The zero-order valence-electron chi connectivity index (χ0n) is 9.81. The highest BCUT2D eigenvalue weighted by Gasteiger charge is 2.10. The topological polar surface area (TPSA) is 54.9 Å². The van der Waals surface area contributed by atoms with Crippen LogP contribution in [-0.4, -0.2) is 9.55 Å². The van der Waals surface area contributed by atoms with Crippen molar-refractivity contribution in [1.29, 1.82) is 0 Å². The van der Waals surface area contributed by atoms with Crippen LogP contribution in [0.4, 0.5) is 0 Å². The molecule has 2 rings (SSSR count). The van der Waals surface area contributed by atoms with E-state index >= 15 is 0 Å². The summed E-state index contributed by atoms with van der Waals surface area (Å²) in [7, 11) is 1.46. The number of nitrogens with one attached hydrogen (secondary N) is 1. The van der Waals surface area contributed by atoms with Gasteiger partial charge in [-0.05, 0) is 5.56 Å².